The molecule has 1 fully saturated rings. The van der Waals surface area contributed by atoms with Crippen molar-refractivity contribution in [3.63, 3.8) is 0 Å². The molecule has 0 saturated carbocycles. The van der Waals surface area contributed by atoms with Gasteiger partial charge >= 0.3 is 5.91 Å². The van der Waals surface area contributed by atoms with E-state index in [9.17, 15) is 14.7 Å². The SMILES string of the molecule is Cc1cc(N2C(=O)C(=O)C(=C(O)c3ccc(OC(C)C)cc3)C2c2ccc(Cl)cc2)no1. The number of amides is 1. The van der Waals surface area contributed by atoms with E-state index >= 15 is 0 Å². The van der Waals surface area contributed by atoms with Gasteiger partial charge < -0.3 is 14.4 Å². The van der Waals surface area contributed by atoms with Crippen LogP contribution in [0.3, 0.4) is 0 Å². The van der Waals surface area contributed by atoms with Crippen molar-refractivity contribution < 1.29 is 24.0 Å². The standard InChI is InChI=1S/C24H21ClN2O5/c1-13(2)31-18-10-6-16(7-11-18)22(28)20-21(15-4-8-17(25)9-5-15)27(24(30)23(20)29)19-12-14(3)32-26-19/h4-13,21,28H,1-3H3. The molecule has 0 bridgehead atoms. The number of nitrogens with zero attached hydrogens (tertiary/aromatic N) is 2. The van der Waals surface area contributed by atoms with E-state index in [-0.39, 0.29) is 23.3 Å². The monoisotopic (exact) mass is 452 g/mol. The zero-order valence-corrected chi connectivity index (χ0v) is 18.5. The van der Waals surface area contributed by atoms with Crippen molar-refractivity contribution in [3.05, 3.63) is 82.1 Å². The van der Waals surface area contributed by atoms with Gasteiger partial charge in [-0.3, -0.25) is 14.5 Å². The Hall–Kier alpha value is -3.58. The van der Waals surface area contributed by atoms with Gasteiger partial charge in [0.15, 0.2) is 5.82 Å². The number of rotatable bonds is 5. The Balaban J connectivity index is 1.85. The number of benzene rings is 2. The summed E-state index contributed by atoms with van der Waals surface area (Å²) in [7, 11) is 0. The molecule has 2 heterocycles. The molecule has 0 aliphatic carbocycles. The predicted molar refractivity (Wildman–Crippen MR) is 120 cm³/mol. The van der Waals surface area contributed by atoms with Crippen LogP contribution in [0.5, 0.6) is 5.75 Å². The molecule has 1 aliphatic rings. The van der Waals surface area contributed by atoms with Crippen LogP contribution in [0.4, 0.5) is 5.82 Å². The van der Waals surface area contributed by atoms with Crippen LogP contribution in [0.25, 0.3) is 5.76 Å². The van der Waals surface area contributed by atoms with E-state index in [4.69, 9.17) is 20.9 Å². The molecule has 1 unspecified atom stereocenters. The van der Waals surface area contributed by atoms with E-state index in [1.54, 1.807) is 61.5 Å². The second-order valence-electron chi connectivity index (χ2n) is 7.71. The van der Waals surface area contributed by atoms with Crippen molar-refractivity contribution in [2.75, 3.05) is 4.90 Å². The first-order valence-electron chi connectivity index (χ1n) is 10.0. The second kappa shape index (κ2) is 8.51. The van der Waals surface area contributed by atoms with Crippen LogP contribution in [0.1, 0.15) is 36.8 Å². The molecule has 0 radical (unpaired) electrons. The molecule has 1 aromatic heterocycles. The third kappa shape index (κ3) is 3.99. The van der Waals surface area contributed by atoms with Gasteiger partial charge in [-0.1, -0.05) is 28.9 Å². The highest BCUT2D eigenvalue weighted by Gasteiger charge is 2.48. The van der Waals surface area contributed by atoms with E-state index in [1.165, 1.54) is 4.90 Å². The summed E-state index contributed by atoms with van der Waals surface area (Å²) in [5.41, 5.74) is 0.931. The van der Waals surface area contributed by atoms with Crippen LogP contribution in [-0.2, 0) is 9.59 Å². The van der Waals surface area contributed by atoms with Crippen molar-refractivity contribution in [2.24, 2.45) is 0 Å². The Morgan fingerprint density at radius 2 is 1.78 bits per heavy atom. The lowest BCUT2D eigenvalue weighted by Crippen LogP contribution is -2.29. The number of aliphatic hydroxyl groups is 1. The summed E-state index contributed by atoms with van der Waals surface area (Å²) in [6.45, 7) is 5.51. The van der Waals surface area contributed by atoms with Crippen molar-refractivity contribution in [3.8, 4) is 5.75 Å². The van der Waals surface area contributed by atoms with Gasteiger partial charge in [0.05, 0.1) is 17.7 Å². The minimum atomic E-state index is -0.900. The van der Waals surface area contributed by atoms with Crippen LogP contribution in [-0.4, -0.2) is 28.1 Å². The number of ketones is 1. The first-order valence-corrected chi connectivity index (χ1v) is 10.4. The fourth-order valence-electron chi connectivity index (χ4n) is 3.62. The molecule has 3 aromatic rings. The Morgan fingerprint density at radius 1 is 1.12 bits per heavy atom. The Morgan fingerprint density at radius 3 is 2.34 bits per heavy atom. The van der Waals surface area contributed by atoms with E-state index in [2.05, 4.69) is 5.16 Å². The fraction of sp³-hybridized carbons (Fsp3) is 0.208. The Bertz CT molecular complexity index is 1200. The summed E-state index contributed by atoms with van der Waals surface area (Å²) < 4.78 is 10.8. The lowest BCUT2D eigenvalue weighted by molar-refractivity contribution is -0.132. The summed E-state index contributed by atoms with van der Waals surface area (Å²) in [5, 5.41) is 15.5. The van der Waals surface area contributed by atoms with Crippen molar-refractivity contribution in [2.45, 2.75) is 32.9 Å². The van der Waals surface area contributed by atoms with Gasteiger partial charge in [-0.05, 0) is 62.7 Å². The molecule has 4 rings (SSSR count). The molecule has 1 aliphatic heterocycles. The predicted octanol–water partition coefficient (Wildman–Crippen LogP) is 5.05. The average molecular weight is 453 g/mol. The molecule has 1 amide bonds. The molecule has 7 nitrogen and oxygen atoms in total. The van der Waals surface area contributed by atoms with Gasteiger partial charge in [-0.15, -0.1) is 0 Å². The van der Waals surface area contributed by atoms with E-state index in [1.807, 2.05) is 13.8 Å². The third-order valence-corrected chi connectivity index (χ3v) is 5.24. The summed E-state index contributed by atoms with van der Waals surface area (Å²) in [6.07, 6.45) is -0.00408. The maximum absolute atomic E-state index is 13.1. The van der Waals surface area contributed by atoms with Crippen LogP contribution >= 0.6 is 11.6 Å². The number of hydrogen-bond donors (Lipinski definition) is 1. The van der Waals surface area contributed by atoms with Gasteiger partial charge in [0, 0.05) is 16.7 Å². The number of ether oxygens (including phenoxy) is 1. The minimum absolute atomic E-state index is 0.00408. The molecular weight excluding hydrogens is 432 g/mol. The quantitative estimate of drug-likeness (QED) is 0.331. The van der Waals surface area contributed by atoms with Gasteiger partial charge in [0.2, 0.25) is 0 Å². The molecule has 8 heteroatoms. The first kappa shape index (κ1) is 21.6. The maximum atomic E-state index is 13.1. The fourth-order valence-corrected chi connectivity index (χ4v) is 3.74. The molecule has 2 aromatic carbocycles. The largest absolute Gasteiger partial charge is 0.507 e. The highest BCUT2D eigenvalue weighted by Crippen LogP contribution is 2.42. The van der Waals surface area contributed by atoms with E-state index in [0.29, 0.717) is 27.7 Å². The van der Waals surface area contributed by atoms with Crippen molar-refractivity contribution >= 4 is 34.9 Å². The average Bonchev–Trinajstić information content (AvgIpc) is 3.29. The molecule has 1 atom stereocenters. The highest BCUT2D eigenvalue weighted by atomic mass is 35.5. The number of carbonyl (C=O) groups excluding carboxylic acids is 2. The van der Waals surface area contributed by atoms with E-state index in [0.717, 1.165) is 0 Å². The number of aryl methyl sites for hydroxylation is 1. The lowest BCUT2D eigenvalue weighted by Gasteiger charge is -2.23. The Kier molecular flexibility index (Phi) is 5.76. The van der Waals surface area contributed by atoms with Crippen LogP contribution in [0, 0.1) is 6.92 Å². The summed E-state index contributed by atoms with van der Waals surface area (Å²) >= 11 is 6.03. The smallest absolute Gasteiger partial charge is 0.301 e. The maximum Gasteiger partial charge on any atom is 0.301 e. The zero-order valence-electron chi connectivity index (χ0n) is 17.7. The molecule has 1 saturated heterocycles. The molecular formula is C24H21ClN2O5. The third-order valence-electron chi connectivity index (χ3n) is 4.99. The number of carbonyl (C=O) groups is 2. The number of hydrogen-bond acceptors (Lipinski definition) is 6. The van der Waals surface area contributed by atoms with Crippen molar-refractivity contribution in [1.29, 1.82) is 0 Å². The van der Waals surface area contributed by atoms with Crippen LogP contribution < -0.4 is 9.64 Å². The summed E-state index contributed by atoms with van der Waals surface area (Å²) in [5.74, 6) is -0.613. The topological polar surface area (TPSA) is 92.9 Å². The van der Waals surface area contributed by atoms with E-state index < -0.39 is 17.7 Å². The van der Waals surface area contributed by atoms with Gasteiger partial charge in [0.25, 0.3) is 5.78 Å². The van der Waals surface area contributed by atoms with Gasteiger partial charge in [-0.2, -0.15) is 0 Å². The number of anilines is 1. The normalized spacial score (nSPS) is 17.9. The summed E-state index contributed by atoms with van der Waals surface area (Å²) in [4.78, 5) is 27.3. The zero-order chi connectivity index (χ0) is 23.0. The lowest BCUT2D eigenvalue weighted by atomic mass is 9.95. The van der Waals surface area contributed by atoms with Crippen molar-refractivity contribution in [1.82, 2.24) is 5.16 Å². The number of halogens is 1. The van der Waals surface area contributed by atoms with Crippen LogP contribution in [0.15, 0.2) is 64.7 Å². The molecule has 32 heavy (non-hydrogen) atoms. The minimum Gasteiger partial charge on any atom is -0.507 e. The van der Waals surface area contributed by atoms with Crippen LogP contribution in [0.2, 0.25) is 5.02 Å². The summed E-state index contributed by atoms with van der Waals surface area (Å²) in [6, 6.07) is 14.0. The Labute approximate surface area is 189 Å². The number of aromatic nitrogens is 1. The molecule has 1 N–H and O–H groups in total. The first-order chi connectivity index (χ1) is 15.3. The molecule has 0 spiro atoms. The van der Waals surface area contributed by atoms with Gasteiger partial charge in [0.1, 0.15) is 17.3 Å². The highest BCUT2D eigenvalue weighted by molar-refractivity contribution is 6.51. The van der Waals surface area contributed by atoms with Gasteiger partial charge in [-0.25, -0.2) is 0 Å². The molecule has 164 valence electrons. The number of Topliss-reactive ketones (excluding diaryl/α,β-unsaturated/α-hetero) is 1. The second-order valence-corrected chi connectivity index (χ2v) is 8.14. The number of aliphatic hydroxyl groups excluding tert-OH is 1.